The van der Waals surface area contributed by atoms with Crippen molar-refractivity contribution >= 4 is 31.9 Å². The van der Waals surface area contributed by atoms with Crippen LogP contribution in [0, 0.1) is 11.6 Å². The molecule has 3 rings (SSSR count). The van der Waals surface area contributed by atoms with Crippen LogP contribution in [0.15, 0.2) is 51.8 Å². The van der Waals surface area contributed by atoms with Gasteiger partial charge in [-0.3, -0.25) is 4.79 Å². The fraction of sp³-hybridized carbons (Fsp3) is 0.235. The first-order chi connectivity index (χ1) is 12.3. The van der Waals surface area contributed by atoms with E-state index in [0.717, 1.165) is 16.6 Å². The van der Waals surface area contributed by atoms with Crippen molar-refractivity contribution in [2.75, 3.05) is 26.2 Å². The minimum absolute atomic E-state index is 0.0844. The van der Waals surface area contributed by atoms with E-state index in [2.05, 4.69) is 15.9 Å². The molecule has 1 amide bonds. The molecule has 0 aromatic heterocycles. The third kappa shape index (κ3) is 3.79. The second-order valence-electron chi connectivity index (χ2n) is 5.78. The maximum atomic E-state index is 13.4. The molecule has 2 aromatic rings. The lowest BCUT2D eigenvalue weighted by atomic mass is 10.2. The van der Waals surface area contributed by atoms with E-state index in [9.17, 15) is 22.0 Å². The lowest BCUT2D eigenvalue weighted by Gasteiger charge is -2.34. The zero-order valence-electron chi connectivity index (χ0n) is 13.5. The molecule has 5 nitrogen and oxygen atoms in total. The summed E-state index contributed by atoms with van der Waals surface area (Å²) < 4.78 is 53.5. The monoisotopic (exact) mass is 444 g/mol. The maximum absolute atomic E-state index is 13.4. The Kier molecular flexibility index (Phi) is 5.40. The lowest BCUT2D eigenvalue weighted by Crippen LogP contribution is -2.50. The van der Waals surface area contributed by atoms with E-state index in [1.165, 1.54) is 4.31 Å². The number of sulfonamides is 1. The molecule has 0 bridgehead atoms. The highest BCUT2D eigenvalue weighted by Gasteiger charge is 2.31. The standard InChI is InChI=1S/C17H15BrF2N2O3S/c18-13-3-1-2-12(10-13)17(23)21-6-8-22(9-7-21)26(24,25)14-4-5-15(19)16(20)11-14/h1-5,10-11H,6-9H2. The summed E-state index contributed by atoms with van der Waals surface area (Å²) in [5.41, 5.74) is 0.510. The van der Waals surface area contributed by atoms with Crippen LogP contribution in [0.3, 0.4) is 0 Å². The molecule has 0 saturated carbocycles. The molecule has 0 N–H and O–H groups in total. The number of halogens is 3. The Bertz CT molecular complexity index is 945. The SMILES string of the molecule is O=C(c1cccc(Br)c1)N1CCN(S(=O)(=O)c2ccc(F)c(F)c2)CC1. The molecule has 0 atom stereocenters. The predicted octanol–water partition coefficient (Wildman–Crippen LogP) is 2.87. The molecule has 2 aromatic carbocycles. The average molecular weight is 445 g/mol. The Labute approximate surface area is 158 Å². The van der Waals surface area contributed by atoms with E-state index < -0.39 is 21.7 Å². The van der Waals surface area contributed by atoms with Gasteiger partial charge in [-0.15, -0.1) is 0 Å². The molecule has 1 fully saturated rings. The fourth-order valence-electron chi connectivity index (χ4n) is 2.72. The molecule has 0 unspecified atom stereocenters. The van der Waals surface area contributed by atoms with Crippen LogP contribution in [0.1, 0.15) is 10.4 Å². The van der Waals surface area contributed by atoms with Gasteiger partial charge in [0.25, 0.3) is 5.91 Å². The Morgan fingerprint density at radius 1 is 0.962 bits per heavy atom. The van der Waals surface area contributed by atoms with Crippen LogP contribution in [0.5, 0.6) is 0 Å². The number of benzene rings is 2. The van der Waals surface area contributed by atoms with Crippen LogP contribution < -0.4 is 0 Å². The molecule has 0 spiro atoms. The van der Waals surface area contributed by atoms with Gasteiger partial charge >= 0.3 is 0 Å². The van der Waals surface area contributed by atoms with Crippen LogP contribution >= 0.6 is 15.9 Å². The second-order valence-corrected chi connectivity index (χ2v) is 8.64. The molecule has 26 heavy (non-hydrogen) atoms. The third-order valence-electron chi connectivity index (χ3n) is 4.13. The van der Waals surface area contributed by atoms with Gasteiger partial charge in [-0.2, -0.15) is 4.31 Å². The van der Waals surface area contributed by atoms with Gasteiger partial charge in [-0.25, -0.2) is 17.2 Å². The Balaban J connectivity index is 1.71. The highest BCUT2D eigenvalue weighted by Crippen LogP contribution is 2.21. The number of carbonyl (C=O) groups is 1. The van der Waals surface area contributed by atoms with E-state index in [-0.39, 0.29) is 37.0 Å². The minimum atomic E-state index is -3.94. The first-order valence-electron chi connectivity index (χ1n) is 7.79. The largest absolute Gasteiger partial charge is 0.336 e. The van der Waals surface area contributed by atoms with Gasteiger partial charge in [-0.1, -0.05) is 22.0 Å². The number of rotatable bonds is 3. The number of hydrogen-bond donors (Lipinski definition) is 0. The molecule has 0 aliphatic carbocycles. The summed E-state index contributed by atoms with van der Waals surface area (Å²) in [4.78, 5) is 13.8. The van der Waals surface area contributed by atoms with E-state index in [1.807, 2.05) is 6.07 Å². The Morgan fingerprint density at radius 3 is 2.27 bits per heavy atom. The van der Waals surface area contributed by atoms with Gasteiger partial charge in [0.15, 0.2) is 11.6 Å². The quantitative estimate of drug-likeness (QED) is 0.731. The summed E-state index contributed by atoms with van der Waals surface area (Å²) >= 11 is 3.31. The van der Waals surface area contributed by atoms with Gasteiger partial charge < -0.3 is 4.90 Å². The molecule has 1 saturated heterocycles. The molecule has 9 heteroatoms. The molecule has 1 heterocycles. The van der Waals surface area contributed by atoms with Crippen LogP contribution in [-0.2, 0) is 10.0 Å². The highest BCUT2D eigenvalue weighted by molar-refractivity contribution is 9.10. The van der Waals surface area contributed by atoms with Crippen molar-refractivity contribution in [3.8, 4) is 0 Å². The first kappa shape index (κ1) is 18.9. The van der Waals surface area contributed by atoms with Crippen molar-refractivity contribution in [1.29, 1.82) is 0 Å². The van der Waals surface area contributed by atoms with E-state index >= 15 is 0 Å². The fourth-order valence-corrected chi connectivity index (χ4v) is 4.56. The number of nitrogens with zero attached hydrogens (tertiary/aromatic N) is 2. The normalized spacial score (nSPS) is 15.9. The predicted molar refractivity (Wildman–Crippen MR) is 95.2 cm³/mol. The lowest BCUT2D eigenvalue weighted by molar-refractivity contribution is 0.0698. The van der Waals surface area contributed by atoms with Crippen LogP contribution in [0.4, 0.5) is 8.78 Å². The van der Waals surface area contributed by atoms with Crippen molar-refractivity contribution in [2.24, 2.45) is 0 Å². The topological polar surface area (TPSA) is 57.7 Å². The number of piperazine rings is 1. The molecular formula is C17H15BrF2N2O3S. The van der Waals surface area contributed by atoms with Gasteiger partial charge in [0.2, 0.25) is 10.0 Å². The van der Waals surface area contributed by atoms with Gasteiger partial charge in [0.1, 0.15) is 0 Å². The van der Waals surface area contributed by atoms with Crippen molar-refractivity contribution in [1.82, 2.24) is 9.21 Å². The van der Waals surface area contributed by atoms with E-state index in [4.69, 9.17) is 0 Å². The average Bonchev–Trinajstić information content (AvgIpc) is 2.63. The number of carbonyl (C=O) groups excluding carboxylic acids is 1. The smallest absolute Gasteiger partial charge is 0.253 e. The summed E-state index contributed by atoms with van der Waals surface area (Å²) in [6.07, 6.45) is 0. The molecule has 1 aliphatic heterocycles. The van der Waals surface area contributed by atoms with Crippen molar-refractivity contribution in [3.63, 3.8) is 0 Å². The zero-order chi connectivity index (χ0) is 18.9. The first-order valence-corrected chi connectivity index (χ1v) is 10.0. The van der Waals surface area contributed by atoms with Gasteiger partial charge in [-0.05, 0) is 36.4 Å². The summed E-state index contributed by atoms with van der Waals surface area (Å²) in [6.45, 7) is 0.602. The maximum Gasteiger partial charge on any atom is 0.253 e. The van der Waals surface area contributed by atoms with E-state index in [1.54, 1.807) is 23.1 Å². The highest BCUT2D eigenvalue weighted by atomic mass is 79.9. The minimum Gasteiger partial charge on any atom is -0.336 e. The summed E-state index contributed by atoms with van der Waals surface area (Å²) in [5, 5.41) is 0. The number of amides is 1. The number of hydrogen-bond acceptors (Lipinski definition) is 3. The second kappa shape index (κ2) is 7.42. The van der Waals surface area contributed by atoms with Crippen molar-refractivity contribution < 1.29 is 22.0 Å². The third-order valence-corrected chi connectivity index (χ3v) is 6.51. The van der Waals surface area contributed by atoms with Crippen LogP contribution in [0.25, 0.3) is 0 Å². The molecule has 138 valence electrons. The summed E-state index contributed by atoms with van der Waals surface area (Å²) in [5.74, 6) is -2.50. The molecule has 0 radical (unpaired) electrons. The summed E-state index contributed by atoms with van der Waals surface area (Å²) in [6, 6.07) is 9.44. The Hall–Kier alpha value is -1.84. The molecule has 1 aliphatic rings. The molecular weight excluding hydrogens is 430 g/mol. The van der Waals surface area contributed by atoms with Crippen molar-refractivity contribution in [2.45, 2.75) is 4.90 Å². The van der Waals surface area contributed by atoms with Crippen molar-refractivity contribution in [3.05, 3.63) is 64.1 Å². The van der Waals surface area contributed by atoms with Gasteiger partial charge in [0.05, 0.1) is 4.90 Å². The van der Waals surface area contributed by atoms with Gasteiger partial charge in [0, 0.05) is 36.2 Å². The van der Waals surface area contributed by atoms with Crippen LogP contribution in [0.2, 0.25) is 0 Å². The van der Waals surface area contributed by atoms with E-state index in [0.29, 0.717) is 11.6 Å². The zero-order valence-corrected chi connectivity index (χ0v) is 15.9. The van der Waals surface area contributed by atoms with Crippen LogP contribution in [-0.4, -0.2) is 49.7 Å². The summed E-state index contributed by atoms with van der Waals surface area (Å²) in [7, 11) is -3.94. The Morgan fingerprint density at radius 2 is 1.65 bits per heavy atom.